The van der Waals surface area contributed by atoms with Gasteiger partial charge in [-0.25, -0.2) is 4.98 Å². The molecule has 2 N–H and O–H groups in total. The Morgan fingerprint density at radius 3 is 2.72 bits per heavy atom. The predicted molar refractivity (Wildman–Crippen MR) is 117 cm³/mol. The van der Waals surface area contributed by atoms with Crippen molar-refractivity contribution < 1.29 is 4.74 Å². The molecule has 0 fully saturated rings. The second-order valence-corrected chi connectivity index (χ2v) is 6.72. The van der Waals surface area contributed by atoms with Gasteiger partial charge in [0.15, 0.2) is 5.96 Å². The van der Waals surface area contributed by atoms with Crippen LogP contribution in [0.4, 0.5) is 0 Å². The number of methoxy groups -OCH3 is 1. The minimum absolute atomic E-state index is 0. The molecule has 0 radical (unpaired) electrons. The van der Waals surface area contributed by atoms with Crippen LogP contribution in [0.15, 0.2) is 35.5 Å². The highest BCUT2D eigenvalue weighted by atomic mass is 127. The van der Waals surface area contributed by atoms with Gasteiger partial charge in [-0.3, -0.25) is 4.99 Å². The highest BCUT2D eigenvalue weighted by Crippen LogP contribution is 2.25. The lowest BCUT2D eigenvalue weighted by Gasteiger charge is -2.18. The summed E-state index contributed by atoms with van der Waals surface area (Å²) in [6, 6.07) is 8.12. The number of benzene rings is 1. The number of para-hydroxylation sites is 1. The van der Waals surface area contributed by atoms with Crippen LogP contribution in [-0.4, -0.2) is 31.6 Å². The standard InChI is InChI=1S/C18H26N4OS.HI/c1-5-14-11-20-17(24-14)12-22-18(19-3)21-10-13(2)15-8-6-7-9-16(15)23-4;/h6-9,11,13H,5,10,12H2,1-4H3,(H2,19,21,22);1H. The summed E-state index contributed by atoms with van der Waals surface area (Å²) < 4.78 is 5.44. The fraction of sp³-hybridized carbons (Fsp3) is 0.444. The topological polar surface area (TPSA) is 58.5 Å². The maximum Gasteiger partial charge on any atom is 0.191 e. The third-order valence-electron chi connectivity index (χ3n) is 3.83. The second kappa shape index (κ2) is 11.3. The average molecular weight is 474 g/mol. The Kier molecular flexibility index (Phi) is 9.81. The Balaban J connectivity index is 0.00000312. The first-order valence-corrected chi connectivity index (χ1v) is 9.00. The van der Waals surface area contributed by atoms with Gasteiger partial charge in [-0.15, -0.1) is 35.3 Å². The van der Waals surface area contributed by atoms with Crippen molar-refractivity contribution in [2.24, 2.45) is 4.99 Å². The first-order valence-electron chi connectivity index (χ1n) is 8.18. The summed E-state index contributed by atoms with van der Waals surface area (Å²) in [5, 5.41) is 7.76. The molecule has 0 amide bonds. The predicted octanol–water partition coefficient (Wildman–Crippen LogP) is 3.80. The average Bonchev–Trinajstić information content (AvgIpc) is 3.09. The molecule has 7 heteroatoms. The quantitative estimate of drug-likeness (QED) is 0.364. The molecule has 0 aliphatic heterocycles. The van der Waals surface area contributed by atoms with Crippen LogP contribution in [-0.2, 0) is 13.0 Å². The monoisotopic (exact) mass is 474 g/mol. The van der Waals surface area contributed by atoms with Gasteiger partial charge in [-0.05, 0) is 18.1 Å². The van der Waals surface area contributed by atoms with Crippen molar-refractivity contribution in [1.82, 2.24) is 15.6 Å². The van der Waals surface area contributed by atoms with E-state index < -0.39 is 0 Å². The van der Waals surface area contributed by atoms with Crippen molar-refractivity contribution in [3.05, 3.63) is 45.9 Å². The van der Waals surface area contributed by atoms with E-state index in [-0.39, 0.29) is 24.0 Å². The molecule has 0 saturated heterocycles. The van der Waals surface area contributed by atoms with Gasteiger partial charge in [0.25, 0.3) is 0 Å². The SMILES string of the molecule is CCc1cnc(CNC(=NC)NCC(C)c2ccccc2OC)s1.I. The van der Waals surface area contributed by atoms with Crippen LogP contribution in [0.5, 0.6) is 5.75 Å². The minimum Gasteiger partial charge on any atom is -0.496 e. The molecule has 1 atom stereocenters. The largest absolute Gasteiger partial charge is 0.496 e. The van der Waals surface area contributed by atoms with E-state index in [0.717, 1.165) is 29.7 Å². The van der Waals surface area contributed by atoms with E-state index in [4.69, 9.17) is 4.74 Å². The first-order chi connectivity index (χ1) is 11.7. The normalized spacial score (nSPS) is 12.2. The smallest absolute Gasteiger partial charge is 0.191 e. The number of ether oxygens (including phenoxy) is 1. The number of rotatable bonds is 7. The Morgan fingerprint density at radius 1 is 1.32 bits per heavy atom. The molecule has 1 heterocycles. The van der Waals surface area contributed by atoms with Crippen LogP contribution < -0.4 is 15.4 Å². The Morgan fingerprint density at radius 2 is 2.08 bits per heavy atom. The summed E-state index contributed by atoms with van der Waals surface area (Å²) in [5.74, 6) is 2.01. The zero-order valence-electron chi connectivity index (χ0n) is 15.2. The van der Waals surface area contributed by atoms with Gasteiger partial charge in [0.05, 0.1) is 13.7 Å². The zero-order valence-corrected chi connectivity index (χ0v) is 18.4. The number of nitrogens with zero attached hydrogens (tertiary/aromatic N) is 2. The van der Waals surface area contributed by atoms with E-state index in [1.807, 2.05) is 24.4 Å². The molecule has 138 valence electrons. The van der Waals surface area contributed by atoms with Gasteiger partial charge in [0.2, 0.25) is 0 Å². The third kappa shape index (κ3) is 6.47. The number of hydrogen-bond acceptors (Lipinski definition) is 4. The van der Waals surface area contributed by atoms with Gasteiger partial charge in [-0.2, -0.15) is 0 Å². The van der Waals surface area contributed by atoms with E-state index in [0.29, 0.717) is 12.5 Å². The number of halogens is 1. The third-order valence-corrected chi connectivity index (χ3v) is 4.97. The van der Waals surface area contributed by atoms with Crippen molar-refractivity contribution in [2.75, 3.05) is 20.7 Å². The number of guanidine groups is 1. The molecule has 0 aliphatic carbocycles. The van der Waals surface area contributed by atoms with Crippen LogP contribution in [0.1, 0.15) is 35.2 Å². The number of aliphatic imine (C=N–C) groups is 1. The molecule has 1 unspecified atom stereocenters. The molecule has 1 aromatic heterocycles. The van der Waals surface area contributed by atoms with E-state index in [2.05, 4.69) is 40.5 Å². The lowest BCUT2D eigenvalue weighted by molar-refractivity contribution is 0.406. The second-order valence-electron chi connectivity index (χ2n) is 5.52. The molecule has 0 spiro atoms. The molecule has 1 aromatic carbocycles. The summed E-state index contributed by atoms with van der Waals surface area (Å²) in [4.78, 5) is 10.00. The van der Waals surface area contributed by atoms with Gasteiger partial charge < -0.3 is 15.4 Å². The highest BCUT2D eigenvalue weighted by molar-refractivity contribution is 14.0. The number of aryl methyl sites for hydroxylation is 1. The maximum absolute atomic E-state index is 5.44. The fourth-order valence-corrected chi connectivity index (χ4v) is 3.21. The van der Waals surface area contributed by atoms with E-state index in [9.17, 15) is 0 Å². The van der Waals surface area contributed by atoms with Gasteiger partial charge in [0, 0.05) is 30.6 Å². The fourth-order valence-electron chi connectivity index (χ4n) is 2.41. The molecular formula is C18H27IN4OS. The van der Waals surface area contributed by atoms with E-state index >= 15 is 0 Å². The van der Waals surface area contributed by atoms with Crippen LogP contribution >= 0.6 is 35.3 Å². The lowest BCUT2D eigenvalue weighted by atomic mass is 10.0. The van der Waals surface area contributed by atoms with Crippen molar-refractivity contribution in [3.8, 4) is 5.75 Å². The summed E-state index contributed by atoms with van der Waals surface area (Å²) in [7, 11) is 3.49. The van der Waals surface area contributed by atoms with Crippen LogP contribution in [0.25, 0.3) is 0 Å². The molecule has 2 aromatic rings. The van der Waals surface area contributed by atoms with Crippen molar-refractivity contribution >= 4 is 41.3 Å². The summed E-state index contributed by atoms with van der Waals surface area (Å²) in [6.07, 6.45) is 2.97. The van der Waals surface area contributed by atoms with Crippen molar-refractivity contribution in [1.29, 1.82) is 0 Å². The van der Waals surface area contributed by atoms with E-state index in [1.165, 1.54) is 10.4 Å². The minimum atomic E-state index is 0. The van der Waals surface area contributed by atoms with Crippen molar-refractivity contribution in [3.63, 3.8) is 0 Å². The first kappa shape index (κ1) is 21.7. The summed E-state index contributed by atoms with van der Waals surface area (Å²) in [6.45, 7) is 5.78. The van der Waals surface area contributed by atoms with Gasteiger partial charge in [0.1, 0.15) is 10.8 Å². The molecule has 5 nitrogen and oxygen atoms in total. The zero-order chi connectivity index (χ0) is 17.4. The molecule has 2 rings (SSSR count). The molecular weight excluding hydrogens is 447 g/mol. The van der Waals surface area contributed by atoms with Crippen molar-refractivity contribution in [2.45, 2.75) is 32.7 Å². The lowest BCUT2D eigenvalue weighted by Crippen LogP contribution is -2.38. The molecule has 25 heavy (non-hydrogen) atoms. The molecule has 0 bridgehead atoms. The molecule has 0 aliphatic rings. The summed E-state index contributed by atoms with van der Waals surface area (Å²) >= 11 is 1.74. The van der Waals surface area contributed by atoms with E-state index in [1.54, 1.807) is 25.5 Å². The van der Waals surface area contributed by atoms with Crippen LogP contribution in [0.3, 0.4) is 0 Å². The summed E-state index contributed by atoms with van der Waals surface area (Å²) in [5.41, 5.74) is 1.19. The van der Waals surface area contributed by atoms with Crippen LogP contribution in [0.2, 0.25) is 0 Å². The maximum atomic E-state index is 5.44. The van der Waals surface area contributed by atoms with Crippen LogP contribution in [0, 0.1) is 0 Å². The van der Waals surface area contributed by atoms with Gasteiger partial charge >= 0.3 is 0 Å². The number of hydrogen-bond donors (Lipinski definition) is 2. The number of aromatic nitrogens is 1. The number of thiazole rings is 1. The highest BCUT2D eigenvalue weighted by Gasteiger charge is 2.11. The Bertz CT molecular complexity index is 675. The Labute approximate surface area is 171 Å². The van der Waals surface area contributed by atoms with Gasteiger partial charge in [-0.1, -0.05) is 32.0 Å². The number of nitrogens with one attached hydrogen (secondary N) is 2. The Hall–Kier alpha value is -1.35. The molecule has 0 saturated carbocycles.